The van der Waals surface area contributed by atoms with E-state index < -0.39 is 11.6 Å². The Bertz CT molecular complexity index is 675. The largest absolute Gasteiger partial charge is 0.389 e. The van der Waals surface area contributed by atoms with Crippen LogP contribution in [0.15, 0.2) is 41.3 Å². The third-order valence-corrected chi connectivity index (χ3v) is 3.91. The summed E-state index contributed by atoms with van der Waals surface area (Å²) in [7, 11) is 0. The predicted molar refractivity (Wildman–Crippen MR) is 88.4 cm³/mol. The summed E-state index contributed by atoms with van der Waals surface area (Å²) in [5, 5.41) is 2.87. The molecule has 0 aliphatic carbocycles. The van der Waals surface area contributed by atoms with Gasteiger partial charge in [-0.05, 0) is 30.0 Å². The van der Waals surface area contributed by atoms with E-state index in [1.807, 2.05) is 19.1 Å². The Kier molecular flexibility index (Phi) is 5.14. The fourth-order valence-electron chi connectivity index (χ4n) is 1.90. The quantitative estimate of drug-likeness (QED) is 0.629. The lowest BCUT2D eigenvalue weighted by Crippen LogP contribution is -2.13. The zero-order chi connectivity index (χ0) is 15.4. The van der Waals surface area contributed by atoms with Crippen molar-refractivity contribution in [2.75, 3.05) is 11.1 Å². The normalized spacial score (nSPS) is 10.4. The highest BCUT2D eigenvalue weighted by Crippen LogP contribution is 2.31. The molecule has 0 spiro atoms. The molecule has 2 nitrogen and oxygen atoms in total. The maximum atomic E-state index is 13.7. The predicted octanol–water partition coefficient (Wildman–Crippen LogP) is 4.45. The first-order chi connectivity index (χ1) is 10.0. The summed E-state index contributed by atoms with van der Waals surface area (Å²) >= 11 is 6.67. The number of benzene rings is 2. The van der Waals surface area contributed by atoms with Gasteiger partial charge >= 0.3 is 0 Å². The fourth-order valence-corrected chi connectivity index (χ4v) is 3.04. The molecule has 0 aliphatic rings. The number of nitrogens with two attached hydrogens (primary N) is 1. The Morgan fingerprint density at radius 3 is 2.67 bits per heavy atom. The van der Waals surface area contributed by atoms with Crippen LogP contribution in [0, 0.1) is 11.6 Å². The molecule has 2 rings (SSSR count). The molecule has 0 aliphatic heterocycles. The van der Waals surface area contributed by atoms with E-state index in [1.54, 1.807) is 17.8 Å². The number of thiocarbonyl (C=S) groups is 1. The van der Waals surface area contributed by atoms with Crippen LogP contribution in [0.25, 0.3) is 0 Å². The first-order valence-corrected chi connectivity index (χ1v) is 7.70. The number of anilines is 2. The molecule has 6 heteroatoms. The Morgan fingerprint density at radius 1 is 1.24 bits per heavy atom. The van der Waals surface area contributed by atoms with Crippen LogP contribution in [0.3, 0.4) is 0 Å². The van der Waals surface area contributed by atoms with Crippen LogP contribution in [-0.2, 0) is 0 Å². The Labute approximate surface area is 131 Å². The maximum absolute atomic E-state index is 13.7. The molecule has 3 N–H and O–H groups in total. The minimum absolute atomic E-state index is 0.0474. The maximum Gasteiger partial charge on any atom is 0.146 e. The molecular formula is C15H14F2N2S2. The molecule has 2 aromatic rings. The molecule has 0 saturated heterocycles. The average Bonchev–Trinajstić information content (AvgIpc) is 2.43. The van der Waals surface area contributed by atoms with E-state index in [2.05, 4.69) is 5.32 Å². The second-order valence-corrected chi connectivity index (χ2v) is 5.97. The van der Waals surface area contributed by atoms with Crippen LogP contribution < -0.4 is 11.1 Å². The molecule has 0 saturated carbocycles. The highest BCUT2D eigenvalue weighted by atomic mass is 32.2. The minimum Gasteiger partial charge on any atom is -0.389 e. The molecule has 21 heavy (non-hydrogen) atoms. The summed E-state index contributed by atoms with van der Waals surface area (Å²) in [6.45, 7) is 2.01. The van der Waals surface area contributed by atoms with Gasteiger partial charge in [0, 0.05) is 22.2 Å². The lowest BCUT2D eigenvalue weighted by molar-refractivity contribution is 0.603. The van der Waals surface area contributed by atoms with Gasteiger partial charge in [-0.15, -0.1) is 11.8 Å². The van der Waals surface area contributed by atoms with Crippen molar-refractivity contribution in [1.29, 1.82) is 0 Å². The van der Waals surface area contributed by atoms with Gasteiger partial charge in [-0.2, -0.15) is 0 Å². The van der Waals surface area contributed by atoms with E-state index in [0.717, 1.165) is 28.8 Å². The number of rotatable bonds is 5. The van der Waals surface area contributed by atoms with E-state index >= 15 is 0 Å². The molecule has 0 aromatic heterocycles. The van der Waals surface area contributed by atoms with E-state index in [9.17, 15) is 8.78 Å². The lowest BCUT2D eigenvalue weighted by Gasteiger charge is -2.15. The summed E-state index contributed by atoms with van der Waals surface area (Å²) in [6.07, 6.45) is 0. The summed E-state index contributed by atoms with van der Waals surface area (Å²) in [5.41, 5.74) is 7.03. The number of halogens is 2. The van der Waals surface area contributed by atoms with Gasteiger partial charge in [0.1, 0.15) is 16.6 Å². The van der Waals surface area contributed by atoms with Gasteiger partial charge in [0.25, 0.3) is 0 Å². The zero-order valence-electron chi connectivity index (χ0n) is 11.3. The molecule has 0 atom stereocenters. The molecule has 0 fully saturated rings. The molecule has 0 radical (unpaired) electrons. The molecule has 110 valence electrons. The van der Waals surface area contributed by atoms with Crippen molar-refractivity contribution in [3.63, 3.8) is 0 Å². The number of nitrogens with one attached hydrogen (secondary N) is 1. The van der Waals surface area contributed by atoms with Crippen molar-refractivity contribution in [3.8, 4) is 0 Å². The van der Waals surface area contributed by atoms with Crippen LogP contribution in [0.5, 0.6) is 0 Å². The van der Waals surface area contributed by atoms with Gasteiger partial charge in [0.2, 0.25) is 0 Å². The third kappa shape index (κ3) is 3.71. The van der Waals surface area contributed by atoms with E-state index in [4.69, 9.17) is 18.0 Å². The molecule has 0 bridgehead atoms. The van der Waals surface area contributed by atoms with Gasteiger partial charge in [-0.3, -0.25) is 0 Å². The Hall–Kier alpha value is -1.66. The first-order valence-electron chi connectivity index (χ1n) is 6.30. The molecule has 0 amide bonds. The van der Waals surface area contributed by atoms with Gasteiger partial charge in [0.05, 0.1) is 5.69 Å². The van der Waals surface area contributed by atoms with Gasteiger partial charge < -0.3 is 11.1 Å². The minimum atomic E-state index is -0.543. The molecular weight excluding hydrogens is 310 g/mol. The van der Waals surface area contributed by atoms with Crippen molar-refractivity contribution in [2.24, 2.45) is 5.73 Å². The van der Waals surface area contributed by atoms with E-state index in [0.29, 0.717) is 11.3 Å². The van der Waals surface area contributed by atoms with Crippen molar-refractivity contribution in [3.05, 3.63) is 53.6 Å². The van der Waals surface area contributed by atoms with Crippen LogP contribution in [-0.4, -0.2) is 10.7 Å². The summed E-state index contributed by atoms with van der Waals surface area (Å²) in [6, 6.07) is 8.69. The standard InChI is InChI=1S/C15H14F2N2S2/c1-2-21-13-5-3-4-11(14(13)15(18)20)19-12-8-9(16)6-7-10(12)17/h3-8,19H,2H2,1H3,(H2,18,20). The van der Waals surface area contributed by atoms with Crippen LogP contribution >= 0.6 is 24.0 Å². The summed E-state index contributed by atoms with van der Waals surface area (Å²) in [4.78, 5) is 1.12. The third-order valence-electron chi connectivity index (χ3n) is 2.77. The fraction of sp³-hybridized carbons (Fsp3) is 0.133. The summed E-state index contributed by atoms with van der Waals surface area (Å²) < 4.78 is 27.0. The van der Waals surface area contributed by atoms with Crippen molar-refractivity contribution < 1.29 is 8.78 Å². The molecule has 0 heterocycles. The number of thioether (sulfide) groups is 1. The van der Waals surface area contributed by atoms with Crippen molar-refractivity contribution in [1.82, 2.24) is 0 Å². The smallest absolute Gasteiger partial charge is 0.146 e. The monoisotopic (exact) mass is 324 g/mol. The Morgan fingerprint density at radius 2 is 2.00 bits per heavy atom. The second-order valence-electron chi connectivity index (χ2n) is 4.23. The molecule has 0 unspecified atom stereocenters. The van der Waals surface area contributed by atoms with Crippen molar-refractivity contribution in [2.45, 2.75) is 11.8 Å². The van der Waals surface area contributed by atoms with Crippen LogP contribution in [0.1, 0.15) is 12.5 Å². The highest BCUT2D eigenvalue weighted by Gasteiger charge is 2.13. The second kappa shape index (κ2) is 6.87. The summed E-state index contributed by atoms with van der Waals surface area (Å²) in [5.74, 6) is -0.207. The topological polar surface area (TPSA) is 38.0 Å². The number of hydrogen-bond donors (Lipinski definition) is 2. The van der Waals surface area contributed by atoms with Gasteiger partial charge in [0.15, 0.2) is 0 Å². The SMILES string of the molecule is CCSc1cccc(Nc2cc(F)ccc2F)c1C(N)=S. The van der Waals surface area contributed by atoms with Gasteiger partial charge in [-0.25, -0.2) is 8.78 Å². The van der Waals surface area contributed by atoms with Crippen LogP contribution in [0.4, 0.5) is 20.2 Å². The van der Waals surface area contributed by atoms with E-state index in [1.165, 1.54) is 0 Å². The lowest BCUT2D eigenvalue weighted by atomic mass is 10.1. The molecule has 2 aromatic carbocycles. The average molecular weight is 324 g/mol. The number of hydrogen-bond acceptors (Lipinski definition) is 3. The Balaban J connectivity index is 2.46. The first kappa shape index (κ1) is 15.7. The van der Waals surface area contributed by atoms with Gasteiger partial charge in [-0.1, -0.05) is 25.2 Å². The van der Waals surface area contributed by atoms with Crippen molar-refractivity contribution >= 4 is 40.3 Å². The zero-order valence-corrected chi connectivity index (χ0v) is 13.0. The van der Waals surface area contributed by atoms with Crippen LogP contribution in [0.2, 0.25) is 0 Å². The highest BCUT2D eigenvalue weighted by molar-refractivity contribution is 7.99. The van der Waals surface area contributed by atoms with E-state index in [-0.39, 0.29) is 10.7 Å².